The molecular weight excluding hydrogens is 350 g/mol. The van der Waals surface area contributed by atoms with E-state index < -0.39 is 0 Å². The van der Waals surface area contributed by atoms with Gasteiger partial charge in [-0.05, 0) is 56.1 Å². The molecule has 0 saturated heterocycles. The maximum atomic E-state index is 4.83. The van der Waals surface area contributed by atoms with Crippen molar-refractivity contribution >= 4 is 57.8 Å². The van der Waals surface area contributed by atoms with E-state index >= 15 is 0 Å². The first-order valence-electron chi connectivity index (χ1n) is 9.61. The Hall–Kier alpha value is -3.71. The SMILES string of the molecule is C=C/C=c1/c2ccccc2c(C)c2c3nccc(=C)cccc(c(C=C)c12)c3=C. The molecule has 1 nitrogen and oxygen atoms in total. The number of allylic oxidation sites excluding steroid dienone is 1. The Morgan fingerprint density at radius 1 is 0.828 bits per heavy atom. The van der Waals surface area contributed by atoms with Gasteiger partial charge in [0.05, 0.1) is 5.52 Å². The molecule has 0 fully saturated rings. The minimum Gasteiger partial charge on any atom is -0.256 e. The highest BCUT2D eigenvalue weighted by atomic mass is 14.6. The van der Waals surface area contributed by atoms with Gasteiger partial charge in [0.25, 0.3) is 0 Å². The maximum Gasteiger partial charge on any atom is 0.0783 e. The van der Waals surface area contributed by atoms with Gasteiger partial charge in [0.1, 0.15) is 0 Å². The fourth-order valence-corrected chi connectivity index (χ4v) is 4.15. The monoisotopic (exact) mass is 373 g/mol. The van der Waals surface area contributed by atoms with Gasteiger partial charge in [0, 0.05) is 16.8 Å². The van der Waals surface area contributed by atoms with E-state index in [2.05, 4.69) is 69.6 Å². The third-order valence-corrected chi connectivity index (χ3v) is 5.48. The molecule has 140 valence electrons. The fraction of sp³-hybridized carbons (Fsp3) is 0.0357. The van der Waals surface area contributed by atoms with Crippen LogP contribution in [0.5, 0.6) is 0 Å². The normalized spacial score (nSPS) is 11.7. The fourth-order valence-electron chi connectivity index (χ4n) is 4.15. The van der Waals surface area contributed by atoms with Gasteiger partial charge >= 0.3 is 0 Å². The number of aromatic nitrogens is 1. The summed E-state index contributed by atoms with van der Waals surface area (Å²) in [6, 6.07) is 16.4. The van der Waals surface area contributed by atoms with Gasteiger partial charge in [0.15, 0.2) is 0 Å². The van der Waals surface area contributed by atoms with E-state index in [-0.39, 0.29) is 0 Å². The molecule has 1 heterocycles. The van der Waals surface area contributed by atoms with Gasteiger partial charge in [-0.1, -0.05) is 87.0 Å². The second kappa shape index (κ2) is 7.37. The molecule has 0 aliphatic carbocycles. The van der Waals surface area contributed by atoms with Gasteiger partial charge in [0.2, 0.25) is 0 Å². The largest absolute Gasteiger partial charge is 0.256 e. The molecule has 0 atom stereocenters. The first kappa shape index (κ1) is 18.6. The van der Waals surface area contributed by atoms with E-state index in [1.807, 2.05) is 36.5 Å². The van der Waals surface area contributed by atoms with E-state index in [1.165, 1.54) is 16.3 Å². The van der Waals surface area contributed by atoms with Crippen LogP contribution in [0.1, 0.15) is 11.1 Å². The van der Waals surface area contributed by atoms with Crippen LogP contribution in [0.2, 0.25) is 0 Å². The third kappa shape index (κ3) is 2.92. The molecule has 4 aromatic rings. The lowest BCUT2D eigenvalue weighted by molar-refractivity contribution is 1.40. The van der Waals surface area contributed by atoms with Crippen LogP contribution in [0.25, 0.3) is 57.8 Å². The highest BCUT2D eigenvalue weighted by molar-refractivity contribution is 6.15. The van der Waals surface area contributed by atoms with Gasteiger partial charge in [-0.15, -0.1) is 0 Å². The molecule has 0 N–H and O–H groups in total. The quantitative estimate of drug-likeness (QED) is 0.444. The minimum atomic E-state index is 0.887. The van der Waals surface area contributed by atoms with Crippen molar-refractivity contribution in [3.8, 4) is 0 Å². The summed E-state index contributed by atoms with van der Waals surface area (Å²) in [7, 11) is 0. The summed E-state index contributed by atoms with van der Waals surface area (Å²) in [4.78, 5) is 4.83. The lowest BCUT2D eigenvalue weighted by Crippen LogP contribution is -2.13. The number of rotatable bonds is 2. The molecular formula is C28H23N. The predicted octanol–water partition coefficient (Wildman–Crippen LogP) is 5.12. The zero-order chi connectivity index (χ0) is 20.5. The summed E-state index contributed by atoms with van der Waals surface area (Å²) in [5, 5.41) is 8.59. The highest BCUT2D eigenvalue weighted by Gasteiger charge is 2.14. The second-order valence-corrected chi connectivity index (χ2v) is 7.14. The lowest BCUT2D eigenvalue weighted by atomic mass is 9.89. The van der Waals surface area contributed by atoms with E-state index in [9.17, 15) is 0 Å². The minimum absolute atomic E-state index is 0.887. The standard InChI is InChI=1S/C28H23N/c1-6-11-25-24-14-9-8-13-22(24)19(4)26-27(25)21(7-2)23-15-10-12-18(3)16-17-29-28(26)20(23)5/h6-17H,1-3,5H2,4H3/b12-10?,17-16?,23-15?,25-11-,29-28?. The van der Waals surface area contributed by atoms with Crippen molar-refractivity contribution < 1.29 is 0 Å². The van der Waals surface area contributed by atoms with Crippen LogP contribution in [0.3, 0.4) is 0 Å². The molecule has 1 aromatic heterocycles. The topological polar surface area (TPSA) is 12.9 Å². The van der Waals surface area contributed by atoms with E-state index in [0.29, 0.717) is 0 Å². The number of fused-ring (bicyclic) bond motifs is 5. The zero-order valence-corrected chi connectivity index (χ0v) is 16.7. The molecule has 0 aliphatic heterocycles. The van der Waals surface area contributed by atoms with Crippen molar-refractivity contribution in [3.63, 3.8) is 0 Å². The summed E-state index contributed by atoms with van der Waals surface area (Å²) in [5.41, 5.74) is 3.14. The molecule has 2 bridgehead atoms. The predicted molar refractivity (Wildman–Crippen MR) is 129 cm³/mol. The molecule has 4 rings (SSSR count). The van der Waals surface area contributed by atoms with Crippen LogP contribution in [-0.2, 0) is 0 Å². The van der Waals surface area contributed by atoms with Crippen LogP contribution < -0.4 is 15.7 Å². The van der Waals surface area contributed by atoms with E-state index in [0.717, 1.165) is 42.9 Å². The Bertz CT molecular complexity index is 1520. The first-order chi connectivity index (χ1) is 14.1. The van der Waals surface area contributed by atoms with Gasteiger partial charge < -0.3 is 0 Å². The Morgan fingerprint density at radius 3 is 2.28 bits per heavy atom. The molecule has 0 aliphatic rings. The van der Waals surface area contributed by atoms with Crippen molar-refractivity contribution in [1.29, 1.82) is 0 Å². The number of hydrogen-bond donors (Lipinski definition) is 0. The summed E-state index contributed by atoms with van der Waals surface area (Å²) in [6.45, 7) is 18.7. The Morgan fingerprint density at radius 2 is 1.55 bits per heavy atom. The molecule has 0 spiro atoms. The summed E-state index contributed by atoms with van der Waals surface area (Å²) in [6.07, 6.45) is 7.65. The molecule has 0 unspecified atom stereocenters. The average Bonchev–Trinajstić information content (AvgIpc) is 2.72. The third-order valence-electron chi connectivity index (χ3n) is 5.48. The number of benzene rings is 3. The van der Waals surface area contributed by atoms with Crippen LogP contribution in [-0.4, -0.2) is 4.98 Å². The Labute approximate surface area is 170 Å². The highest BCUT2D eigenvalue weighted by Crippen LogP contribution is 2.30. The molecule has 0 amide bonds. The van der Waals surface area contributed by atoms with Crippen molar-refractivity contribution in [1.82, 2.24) is 4.98 Å². The molecule has 0 radical (unpaired) electrons. The molecule has 29 heavy (non-hydrogen) atoms. The molecule has 3 aromatic carbocycles. The molecule has 1 heteroatoms. The van der Waals surface area contributed by atoms with Crippen LogP contribution >= 0.6 is 0 Å². The van der Waals surface area contributed by atoms with Gasteiger partial charge in [-0.25, -0.2) is 0 Å². The van der Waals surface area contributed by atoms with Gasteiger partial charge in [-0.2, -0.15) is 0 Å². The number of nitrogens with zero attached hydrogens (tertiary/aromatic N) is 1. The number of hydrogen-bond acceptors (Lipinski definition) is 1. The zero-order valence-electron chi connectivity index (χ0n) is 16.7. The van der Waals surface area contributed by atoms with Gasteiger partial charge in [-0.3, -0.25) is 4.98 Å². The van der Waals surface area contributed by atoms with Crippen molar-refractivity contribution in [2.45, 2.75) is 6.92 Å². The smallest absolute Gasteiger partial charge is 0.0783 e. The average molecular weight is 373 g/mol. The molecule has 0 saturated carbocycles. The van der Waals surface area contributed by atoms with Crippen LogP contribution in [0.4, 0.5) is 0 Å². The first-order valence-corrected chi connectivity index (χ1v) is 9.61. The maximum absolute atomic E-state index is 4.83. The summed E-state index contributed by atoms with van der Waals surface area (Å²) >= 11 is 0. The Balaban J connectivity index is 2.55. The van der Waals surface area contributed by atoms with Crippen molar-refractivity contribution in [2.75, 3.05) is 0 Å². The van der Waals surface area contributed by atoms with E-state index in [4.69, 9.17) is 4.98 Å². The number of aryl methyl sites for hydroxylation is 1. The Kier molecular flexibility index (Phi) is 4.74. The van der Waals surface area contributed by atoms with E-state index in [1.54, 1.807) is 0 Å². The summed E-state index contributed by atoms with van der Waals surface area (Å²) < 4.78 is 0. The van der Waals surface area contributed by atoms with Crippen LogP contribution in [0, 0.1) is 6.92 Å². The lowest BCUT2D eigenvalue weighted by Gasteiger charge is -2.15. The second-order valence-electron chi connectivity index (χ2n) is 7.14. The van der Waals surface area contributed by atoms with Crippen molar-refractivity contribution in [3.05, 3.63) is 101 Å². The van der Waals surface area contributed by atoms with Crippen LogP contribution in [0.15, 0.2) is 74.0 Å². The van der Waals surface area contributed by atoms with Crippen molar-refractivity contribution in [2.24, 2.45) is 0 Å². The summed E-state index contributed by atoms with van der Waals surface area (Å²) in [5.74, 6) is 0.